The molecule has 0 radical (unpaired) electrons. The first-order valence-electron chi connectivity index (χ1n) is 6.58. The largest absolute Gasteiger partial charge is 0.467 e. The maximum atomic E-state index is 11.5. The normalized spacial score (nSPS) is 36.8. The van der Waals surface area contributed by atoms with Gasteiger partial charge in [-0.15, -0.1) is 0 Å². The second kappa shape index (κ2) is 5.23. The van der Waals surface area contributed by atoms with Crippen LogP contribution < -0.4 is 0 Å². The molecule has 0 amide bonds. The lowest BCUT2D eigenvalue weighted by Gasteiger charge is -2.25. The quantitative estimate of drug-likeness (QED) is 0.743. The molecule has 7 nitrogen and oxygen atoms in total. The van der Waals surface area contributed by atoms with Gasteiger partial charge in [-0.1, -0.05) is 0 Å². The van der Waals surface area contributed by atoms with Gasteiger partial charge in [0.05, 0.1) is 13.7 Å². The molecule has 0 saturated carbocycles. The number of ether oxygens (including phenoxy) is 5. The van der Waals surface area contributed by atoms with Gasteiger partial charge >= 0.3 is 5.97 Å². The molecule has 0 aromatic carbocycles. The second-order valence-electron chi connectivity index (χ2n) is 5.90. The van der Waals surface area contributed by atoms with Gasteiger partial charge in [0.25, 0.3) is 0 Å². The molecule has 2 saturated heterocycles. The lowest BCUT2D eigenvalue weighted by Crippen LogP contribution is -2.47. The van der Waals surface area contributed by atoms with Crippen LogP contribution in [0.2, 0.25) is 0 Å². The summed E-state index contributed by atoms with van der Waals surface area (Å²) < 4.78 is 27.1. The first-order valence-corrected chi connectivity index (χ1v) is 6.58. The number of hydrogen-bond donors (Lipinski definition) is 1. The van der Waals surface area contributed by atoms with E-state index in [4.69, 9.17) is 18.9 Å². The zero-order chi connectivity index (χ0) is 15.1. The van der Waals surface area contributed by atoms with E-state index in [1.165, 1.54) is 7.11 Å². The predicted octanol–water partition coefficient (Wildman–Crippen LogP) is 0.192. The van der Waals surface area contributed by atoms with E-state index in [2.05, 4.69) is 4.74 Å². The van der Waals surface area contributed by atoms with Crippen LogP contribution in [0.15, 0.2) is 0 Å². The number of carbonyl (C=O) groups is 1. The average molecular weight is 290 g/mol. The Morgan fingerprint density at radius 2 is 1.85 bits per heavy atom. The highest BCUT2D eigenvalue weighted by Gasteiger charge is 2.53. The van der Waals surface area contributed by atoms with E-state index >= 15 is 0 Å². The third-order valence-corrected chi connectivity index (χ3v) is 3.31. The highest BCUT2D eigenvalue weighted by molar-refractivity contribution is 5.75. The molecule has 2 fully saturated rings. The molecule has 0 aromatic heterocycles. The van der Waals surface area contributed by atoms with Crippen molar-refractivity contribution in [1.29, 1.82) is 0 Å². The van der Waals surface area contributed by atoms with Crippen molar-refractivity contribution in [2.24, 2.45) is 0 Å². The Hall–Kier alpha value is -0.730. The summed E-state index contributed by atoms with van der Waals surface area (Å²) in [5.74, 6) is -2.40. The summed E-state index contributed by atoms with van der Waals surface area (Å²) in [5, 5.41) is 10.0. The van der Waals surface area contributed by atoms with Gasteiger partial charge in [0.15, 0.2) is 17.7 Å². The molecule has 2 heterocycles. The molecule has 2 aliphatic rings. The van der Waals surface area contributed by atoms with Crippen LogP contribution in [0.25, 0.3) is 0 Å². The molecule has 7 heteroatoms. The Labute approximate surface area is 118 Å². The maximum absolute atomic E-state index is 11.5. The highest BCUT2D eigenvalue weighted by Crippen LogP contribution is 2.36. The van der Waals surface area contributed by atoms with Gasteiger partial charge in [0.1, 0.15) is 18.3 Å². The minimum Gasteiger partial charge on any atom is -0.467 e. The van der Waals surface area contributed by atoms with Crippen LogP contribution in [0.3, 0.4) is 0 Å². The van der Waals surface area contributed by atoms with E-state index in [0.29, 0.717) is 6.61 Å². The lowest BCUT2D eigenvalue weighted by molar-refractivity contribution is -0.176. The molecule has 0 aromatic rings. The van der Waals surface area contributed by atoms with Gasteiger partial charge < -0.3 is 28.8 Å². The zero-order valence-corrected chi connectivity index (χ0v) is 12.4. The smallest absolute Gasteiger partial charge is 0.337 e. The van der Waals surface area contributed by atoms with Gasteiger partial charge in [0, 0.05) is 0 Å². The van der Waals surface area contributed by atoms with E-state index in [1.54, 1.807) is 27.7 Å². The molecule has 1 N–H and O–H groups in total. The molecule has 0 spiro atoms. The zero-order valence-electron chi connectivity index (χ0n) is 12.4. The van der Waals surface area contributed by atoms with Gasteiger partial charge in [-0.05, 0) is 27.7 Å². The SMILES string of the molecule is COC(=O)[C@@H](O)[C@H]1OC(C)(C)O[C@@H]1[C@H]1COC(C)(C)O1. The van der Waals surface area contributed by atoms with Crippen molar-refractivity contribution in [2.45, 2.75) is 63.7 Å². The fourth-order valence-electron chi connectivity index (χ4n) is 2.48. The molecule has 4 atom stereocenters. The number of carbonyl (C=O) groups excluding carboxylic acids is 1. The van der Waals surface area contributed by atoms with Crippen LogP contribution in [0.4, 0.5) is 0 Å². The van der Waals surface area contributed by atoms with Crippen LogP contribution in [-0.2, 0) is 28.5 Å². The van der Waals surface area contributed by atoms with Crippen LogP contribution in [0.5, 0.6) is 0 Å². The van der Waals surface area contributed by atoms with Crippen molar-refractivity contribution in [3.8, 4) is 0 Å². The van der Waals surface area contributed by atoms with Crippen molar-refractivity contribution in [3.63, 3.8) is 0 Å². The van der Waals surface area contributed by atoms with Gasteiger partial charge in [-0.25, -0.2) is 4.79 Å². The maximum Gasteiger partial charge on any atom is 0.337 e. The van der Waals surface area contributed by atoms with Crippen molar-refractivity contribution in [1.82, 2.24) is 0 Å². The average Bonchev–Trinajstić information content (AvgIpc) is 2.86. The van der Waals surface area contributed by atoms with Crippen LogP contribution in [-0.4, -0.2) is 60.8 Å². The summed E-state index contributed by atoms with van der Waals surface area (Å²) >= 11 is 0. The molecule has 0 unspecified atom stereocenters. The molecule has 2 aliphatic heterocycles. The van der Waals surface area contributed by atoms with E-state index in [0.717, 1.165) is 0 Å². The van der Waals surface area contributed by atoms with E-state index in [1.807, 2.05) is 0 Å². The Balaban J connectivity index is 2.14. The minimum absolute atomic E-state index is 0.307. The summed E-state index contributed by atoms with van der Waals surface area (Å²) in [6.07, 6.45) is -3.32. The van der Waals surface area contributed by atoms with Crippen molar-refractivity contribution in [3.05, 3.63) is 0 Å². The van der Waals surface area contributed by atoms with Crippen LogP contribution in [0, 0.1) is 0 Å². The number of rotatable bonds is 3. The molecule has 116 valence electrons. The number of aliphatic hydroxyl groups is 1. The highest BCUT2D eigenvalue weighted by atomic mass is 16.8. The fraction of sp³-hybridized carbons (Fsp3) is 0.923. The third kappa shape index (κ3) is 3.12. The number of aliphatic hydroxyl groups excluding tert-OH is 1. The molecule has 0 aliphatic carbocycles. The summed E-state index contributed by atoms with van der Waals surface area (Å²) in [5.41, 5.74) is 0. The first-order chi connectivity index (χ1) is 9.15. The monoisotopic (exact) mass is 290 g/mol. The Kier molecular flexibility index (Phi) is 4.10. The molecule has 2 rings (SSSR count). The van der Waals surface area contributed by atoms with E-state index < -0.39 is 42.0 Å². The number of hydrogen-bond acceptors (Lipinski definition) is 7. The summed E-state index contributed by atoms with van der Waals surface area (Å²) in [7, 11) is 1.21. The van der Waals surface area contributed by atoms with Crippen LogP contribution >= 0.6 is 0 Å². The Bertz CT molecular complexity index is 379. The minimum atomic E-state index is -1.43. The molecule has 0 bridgehead atoms. The fourth-order valence-corrected chi connectivity index (χ4v) is 2.48. The second-order valence-corrected chi connectivity index (χ2v) is 5.90. The Morgan fingerprint density at radius 3 is 2.35 bits per heavy atom. The summed E-state index contributed by atoms with van der Waals surface area (Å²) in [4.78, 5) is 11.5. The third-order valence-electron chi connectivity index (χ3n) is 3.31. The summed E-state index contributed by atoms with van der Waals surface area (Å²) in [6, 6.07) is 0. The topological polar surface area (TPSA) is 83.5 Å². The van der Waals surface area contributed by atoms with Gasteiger partial charge in [0.2, 0.25) is 0 Å². The first kappa shape index (κ1) is 15.7. The lowest BCUT2D eigenvalue weighted by atomic mass is 10.0. The number of esters is 1. The van der Waals surface area contributed by atoms with Crippen LogP contribution in [0.1, 0.15) is 27.7 Å². The van der Waals surface area contributed by atoms with Crippen molar-refractivity contribution >= 4 is 5.97 Å². The standard InChI is InChI=1S/C13H22O7/c1-12(2)17-6-7(18-12)9-10(8(14)11(15)16-5)20-13(3,4)19-9/h7-10,14H,6H2,1-5H3/t7-,8+,9-,10-/m1/s1. The summed E-state index contributed by atoms with van der Waals surface area (Å²) in [6.45, 7) is 7.32. The number of methoxy groups -OCH3 is 1. The van der Waals surface area contributed by atoms with E-state index in [-0.39, 0.29) is 0 Å². The van der Waals surface area contributed by atoms with Crippen molar-refractivity contribution in [2.75, 3.05) is 13.7 Å². The van der Waals surface area contributed by atoms with Gasteiger partial charge in [-0.3, -0.25) is 0 Å². The molecular weight excluding hydrogens is 268 g/mol. The predicted molar refractivity (Wildman–Crippen MR) is 66.8 cm³/mol. The molecule has 20 heavy (non-hydrogen) atoms. The van der Waals surface area contributed by atoms with E-state index in [9.17, 15) is 9.90 Å². The van der Waals surface area contributed by atoms with Gasteiger partial charge in [-0.2, -0.15) is 0 Å². The Morgan fingerprint density at radius 1 is 1.20 bits per heavy atom. The van der Waals surface area contributed by atoms with Crippen molar-refractivity contribution < 1.29 is 33.6 Å². The molecular formula is C13H22O7.